The molecule has 250 valence electrons. The molecule has 0 aromatic rings. The van der Waals surface area contributed by atoms with Crippen molar-refractivity contribution in [2.75, 3.05) is 19.6 Å². The van der Waals surface area contributed by atoms with Crippen molar-refractivity contribution in [1.29, 1.82) is 0 Å². The second-order valence-corrected chi connectivity index (χ2v) is 10.7. The van der Waals surface area contributed by atoms with Gasteiger partial charge in [-0.05, 0) is 38.5 Å². The van der Waals surface area contributed by atoms with Crippen LogP contribution in [0.3, 0.4) is 0 Å². The molecule has 0 aliphatic carbocycles. The van der Waals surface area contributed by atoms with Gasteiger partial charge < -0.3 is 20.1 Å². The summed E-state index contributed by atoms with van der Waals surface area (Å²) in [6.45, 7) is 3.01. The molecule has 0 spiro atoms. The fourth-order valence-corrected chi connectivity index (χ4v) is 4.43. The summed E-state index contributed by atoms with van der Waals surface area (Å²) in [4.78, 5) is 99.6. The molecule has 1 unspecified atom stereocenters. The molecule has 2 rings (SSSR count). The number of ether oxygens (including phenoxy) is 2. The molecule has 0 bridgehead atoms. The summed E-state index contributed by atoms with van der Waals surface area (Å²) < 4.78 is 9.97. The van der Waals surface area contributed by atoms with Crippen LogP contribution in [0.4, 0.5) is 4.79 Å². The Bertz CT molecular complexity index is 1070. The SMILES string of the molecule is CCC(OC(=O)CCCCCNC(=O)CCCCCNC(=O)CCCCCN1C(=O)C=CC1=O)OC(=O)ON1C(=O)CCC1=O. The average molecular weight is 637 g/mol. The number of hydroxylamine groups is 2. The summed E-state index contributed by atoms with van der Waals surface area (Å²) in [5.74, 6) is -2.55. The van der Waals surface area contributed by atoms with Crippen LogP contribution in [-0.2, 0) is 47.9 Å². The number of hydrogen-bond donors (Lipinski definition) is 2. The fourth-order valence-electron chi connectivity index (χ4n) is 4.43. The number of rotatable bonds is 22. The van der Waals surface area contributed by atoms with Gasteiger partial charge in [-0.15, -0.1) is 0 Å². The molecule has 15 nitrogen and oxygen atoms in total. The molecule has 0 radical (unpaired) electrons. The first-order valence-electron chi connectivity index (χ1n) is 15.6. The Hall–Kier alpha value is -4.30. The summed E-state index contributed by atoms with van der Waals surface area (Å²) in [7, 11) is 0. The molecule has 0 saturated carbocycles. The minimum atomic E-state index is -1.31. The normalized spacial score (nSPS) is 15.0. The molecular weight excluding hydrogens is 592 g/mol. The van der Waals surface area contributed by atoms with Gasteiger partial charge in [0.2, 0.25) is 11.8 Å². The van der Waals surface area contributed by atoms with E-state index in [0.29, 0.717) is 76.1 Å². The first-order chi connectivity index (χ1) is 21.6. The quantitative estimate of drug-likeness (QED) is 0.0766. The van der Waals surface area contributed by atoms with E-state index in [1.807, 2.05) is 0 Å². The Balaban J connectivity index is 1.38. The van der Waals surface area contributed by atoms with Gasteiger partial charge in [-0.1, -0.05) is 31.2 Å². The molecule has 15 heteroatoms. The predicted octanol–water partition coefficient (Wildman–Crippen LogP) is 2.32. The Morgan fingerprint density at radius 2 is 1.22 bits per heavy atom. The lowest BCUT2D eigenvalue weighted by molar-refractivity contribution is -0.193. The van der Waals surface area contributed by atoms with Crippen molar-refractivity contribution in [2.45, 2.75) is 110 Å². The van der Waals surface area contributed by atoms with E-state index >= 15 is 0 Å². The van der Waals surface area contributed by atoms with Gasteiger partial charge in [0.15, 0.2) is 0 Å². The lowest BCUT2D eigenvalue weighted by Crippen LogP contribution is -2.34. The number of amides is 6. The van der Waals surface area contributed by atoms with E-state index in [-0.39, 0.29) is 49.3 Å². The van der Waals surface area contributed by atoms with E-state index < -0.39 is 30.2 Å². The molecule has 45 heavy (non-hydrogen) atoms. The predicted molar refractivity (Wildman–Crippen MR) is 156 cm³/mol. The van der Waals surface area contributed by atoms with E-state index in [1.165, 1.54) is 17.1 Å². The Labute approximate surface area is 262 Å². The number of carbonyl (C=O) groups excluding carboxylic acids is 8. The van der Waals surface area contributed by atoms with Crippen LogP contribution < -0.4 is 10.6 Å². The van der Waals surface area contributed by atoms with Gasteiger partial charge in [0.1, 0.15) is 0 Å². The molecule has 2 aliphatic rings. The van der Waals surface area contributed by atoms with Crippen molar-refractivity contribution >= 4 is 47.6 Å². The maximum atomic E-state index is 12.1. The Morgan fingerprint density at radius 3 is 1.76 bits per heavy atom. The van der Waals surface area contributed by atoms with Gasteiger partial charge >= 0.3 is 12.1 Å². The van der Waals surface area contributed by atoms with Crippen molar-refractivity contribution in [3.63, 3.8) is 0 Å². The molecule has 1 saturated heterocycles. The van der Waals surface area contributed by atoms with Crippen LogP contribution in [0.5, 0.6) is 0 Å². The Kier molecular flexibility index (Phi) is 16.9. The smallest absolute Gasteiger partial charge is 0.425 e. The first-order valence-corrected chi connectivity index (χ1v) is 15.6. The molecule has 0 aromatic heterocycles. The summed E-state index contributed by atoms with van der Waals surface area (Å²) in [6.07, 6.45) is 7.13. The maximum absolute atomic E-state index is 12.1. The van der Waals surface area contributed by atoms with Crippen LogP contribution in [0.25, 0.3) is 0 Å². The van der Waals surface area contributed by atoms with Gasteiger partial charge in [0.05, 0.1) is 0 Å². The molecule has 2 heterocycles. The van der Waals surface area contributed by atoms with Crippen LogP contribution in [0.15, 0.2) is 12.2 Å². The second kappa shape index (κ2) is 20.6. The van der Waals surface area contributed by atoms with Gasteiger partial charge in [-0.3, -0.25) is 43.3 Å². The number of nitrogens with zero attached hydrogens (tertiary/aromatic N) is 2. The van der Waals surface area contributed by atoms with E-state index in [4.69, 9.17) is 9.47 Å². The second-order valence-electron chi connectivity index (χ2n) is 10.7. The van der Waals surface area contributed by atoms with Gasteiger partial charge in [-0.25, -0.2) is 4.79 Å². The summed E-state index contributed by atoms with van der Waals surface area (Å²) in [5.41, 5.74) is 0. The zero-order chi connectivity index (χ0) is 33.0. The van der Waals surface area contributed by atoms with Crippen LogP contribution in [0.2, 0.25) is 0 Å². The van der Waals surface area contributed by atoms with Crippen molar-refractivity contribution in [2.24, 2.45) is 0 Å². The van der Waals surface area contributed by atoms with Crippen molar-refractivity contribution in [3.8, 4) is 0 Å². The van der Waals surface area contributed by atoms with Crippen molar-refractivity contribution < 1.29 is 52.7 Å². The highest BCUT2D eigenvalue weighted by atomic mass is 16.9. The highest BCUT2D eigenvalue weighted by Gasteiger charge is 2.34. The number of hydrogen-bond acceptors (Lipinski definition) is 11. The van der Waals surface area contributed by atoms with Crippen LogP contribution in [0, 0.1) is 0 Å². The molecule has 0 aromatic carbocycles. The van der Waals surface area contributed by atoms with E-state index in [1.54, 1.807) is 6.92 Å². The highest BCUT2D eigenvalue weighted by molar-refractivity contribution is 6.12. The molecule has 1 fully saturated rings. The number of carbonyl (C=O) groups is 8. The summed E-state index contributed by atoms with van der Waals surface area (Å²) in [5, 5.41) is 6.05. The molecule has 1 atom stereocenters. The van der Waals surface area contributed by atoms with E-state index in [0.717, 1.165) is 19.3 Å². The van der Waals surface area contributed by atoms with E-state index in [2.05, 4.69) is 15.5 Å². The topological polar surface area (TPSA) is 195 Å². The van der Waals surface area contributed by atoms with Crippen LogP contribution in [-0.4, -0.2) is 83.5 Å². The lowest BCUT2D eigenvalue weighted by atomic mass is 10.1. The largest absolute Gasteiger partial charge is 0.537 e. The zero-order valence-corrected chi connectivity index (χ0v) is 25.8. The summed E-state index contributed by atoms with van der Waals surface area (Å²) >= 11 is 0. The van der Waals surface area contributed by atoms with Crippen LogP contribution in [0.1, 0.15) is 103 Å². The third kappa shape index (κ3) is 14.8. The molecule has 2 N–H and O–H groups in total. The number of imide groups is 2. The standard InChI is InChI=1S/C30H44N4O11/c1-2-29(44-30(42)45-34-26(39)17-18-27(34)40)43-28(41)14-8-4-10-20-32-22(35)12-6-3-9-19-31-23(36)13-7-5-11-21-33-24(37)15-16-25(33)38/h15-16,29H,2-14,17-21H2,1H3,(H,31,36)(H,32,35). The average Bonchev–Trinajstić information content (AvgIpc) is 3.50. The monoisotopic (exact) mass is 636 g/mol. The molecular formula is C30H44N4O11. The number of nitrogens with one attached hydrogen (secondary N) is 2. The van der Waals surface area contributed by atoms with Gasteiger partial charge in [-0.2, -0.15) is 0 Å². The highest BCUT2D eigenvalue weighted by Crippen LogP contribution is 2.14. The summed E-state index contributed by atoms with van der Waals surface area (Å²) in [6, 6.07) is 0. The third-order valence-corrected chi connectivity index (χ3v) is 6.96. The minimum absolute atomic E-state index is 0.0374. The molecule has 6 amide bonds. The number of esters is 1. The van der Waals surface area contributed by atoms with Gasteiger partial charge in [0.25, 0.3) is 29.9 Å². The van der Waals surface area contributed by atoms with Crippen molar-refractivity contribution in [1.82, 2.24) is 20.6 Å². The Morgan fingerprint density at radius 1 is 0.711 bits per heavy atom. The van der Waals surface area contributed by atoms with Crippen molar-refractivity contribution in [3.05, 3.63) is 12.2 Å². The maximum Gasteiger partial charge on any atom is 0.537 e. The molecule has 2 aliphatic heterocycles. The number of unbranched alkanes of at least 4 members (excludes halogenated alkanes) is 6. The minimum Gasteiger partial charge on any atom is -0.425 e. The van der Waals surface area contributed by atoms with Gasteiger partial charge in [0, 0.05) is 70.3 Å². The van der Waals surface area contributed by atoms with E-state index in [9.17, 15) is 38.4 Å². The lowest BCUT2D eigenvalue weighted by Gasteiger charge is -2.18. The first kappa shape index (κ1) is 36.9. The fraction of sp³-hybridized carbons (Fsp3) is 0.667. The third-order valence-electron chi connectivity index (χ3n) is 6.96. The van der Waals surface area contributed by atoms with Crippen LogP contribution >= 0.6 is 0 Å². The zero-order valence-electron chi connectivity index (χ0n) is 25.8.